The number of primary amides is 1. The van der Waals surface area contributed by atoms with Gasteiger partial charge in [0, 0.05) is 6.20 Å². The molecule has 2 heterocycles. The Morgan fingerprint density at radius 1 is 1.45 bits per heavy atom. The predicted octanol–water partition coefficient (Wildman–Crippen LogP) is 0.588. The van der Waals surface area contributed by atoms with Gasteiger partial charge in [0.2, 0.25) is 5.91 Å². The van der Waals surface area contributed by atoms with Crippen LogP contribution in [0.2, 0.25) is 0 Å². The molecule has 1 atom stereocenters. The Bertz CT molecular complexity index is 601. The van der Waals surface area contributed by atoms with Gasteiger partial charge in [-0.15, -0.1) is 0 Å². The van der Waals surface area contributed by atoms with E-state index in [9.17, 15) is 9.59 Å². The van der Waals surface area contributed by atoms with Gasteiger partial charge in [0.1, 0.15) is 6.04 Å². The standard InChI is InChI=1S/C13H17N5O2/c1-7(2)6-9(10(14)19)17-13(20)12-16-8-4-3-5-15-11(8)18-12/h3-5,7,9H,6H2,1-2H3,(H2,14,19)(H,17,20)(H,15,16,18)/t9-/m0/s1. The molecule has 0 saturated carbocycles. The summed E-state index contributed by atoms with van der Waals surface area (Å²) in [5.41, 5.74) is 6.41. The van der Waals surface area contributed by atoms with Crippen LogP contribution in [-0.4, -0.2) is 32.8 Å². The van der Waals surface area contributed by atoms with Gasteiger partial charge in [-0.3, -0.25) is 9.59 Å². The summed E-state index contributed by atoms with van der Waals surface area (Å²) in [5.74, 6) is -0.660. The number of H-pyrrole nitrogens is 1. The zero-order chi connectivity index (χ0) is 14.7. The number of aromatic amines is 1. The molecule has 4 N–H and O–H groups in total. The van der Waals surface area contributed by atoms with E-state index in [0.29, 0.717) is 17.6 Å². The highest BCUT2D eigenvalue weighted by Crippen LogP contribution is 2.09. The molecule has 0 fully saturated rings. The molecule has 0 unspecified atom stereocenters. The lowest BCUT2D eigenvalue weighted by molar-refractivity contribution is -0.120. The lowest BCUT2D eigenvalue weighted by Crippen LogP contribution is -2.45. The van der Waals surface area contributed by atoms with E-state index in [1.54, 1.807) is 18.3 Å². The molecule has 20 heavy (non-hydrogen) atoms. The average molecular weight is 275 g/mol. The van der Waals surface area contributed by atoms with E-state index >= 15 is 0 Å². The zero-order valence-corrected chi connectivity index (χ0v) is 11.4. The Labute approximate surface area is 116 Å². The van der Waals surface area contributed by atoms with Gasteiger partial charge in [-0.1, -0.05) is 13.8 Å². The van der Waals surface area contributed by atoms with E-state index in [0.717, 1.165) is 0 Å². The molecule has 0 saturated heterocycles. The van der Waals surface area contributed by atoms with Gasteiger partial charge in [0.25, 0.3) is 5.91 Å². The topological polar surface area (TPSA) is 114 Å². The highest BCUT2D eigenvalue weighted by Gasteiger charge is 2.21. The van der Waals surface area contributed by atoms with Crippen LogP contribution in [0.15, 0.2) is 18.3 Å². The van der Waals surface area contributed by atoms with Gasteiger partial charge in [0.15, 0.2) is 11.5 Å². The summed E-state index contributed by atoms with van der Waals surface area (Å²) in [5, 5.41) is 2.59. The summed E-state index contributed by atoms with van der Waals surface area (Å²) in [6.45, 7) is 3.90. The second-order valence-electron chi connectivity index (χ2n) is 5.02. The molecule has 2 aromatic heterocycles. The van der Waals surface area contributed by atoms with Crippen molar-refractivity contribution in [1.29, 1.82) is 0 Å². The number of imidazole rings is 1. The van der Waals surface area contributed by atoms with Crippen LogP contribution in [0, 0.1) is 5.92 Å². The van der Waals surface area contributed by atoms with Crippen LogP contribution in [-0.2, 0) is 4.79 Å². The first-order valence-corrected chi connectivity index (χ1v) is 6.38. The van der Waals surface area contributed by atoms with Crippen molar-refractivity contribution in [2.45, 2.75) is 26.3 Å². The normalized spacial score (nSPS) is 12.6. The van der Waals surface area contributed by atoms with Crippen LogP contribution >= 0.6 is 0 Å². The Morgan fingerprint density at radius 3 is 2.80 bits per heavy atom. The smallest absolute Gasteiger partial charge is 0.287 e. The van der Waals surface area contributed by atoms with Crippen LogP contribution in [0.3, 0.4) is 0 Å². The Morgan fingerprint density at radius 2 is 2.20 bits per heavy atom. The molecule has 0 aromatic carbocycles. The lowest BCUT2D eigenvalue weighted by Gasteiger charge is -2.16. The predicted molar refractivity (Wildman–Crippen MR) is 73.8 cm³/mol. The van der Waals surface area contributed by atoms with Gasteiger partial charge in [-0.05, 0) is 24.5 Å². The molecule has 2 aromatic rings. The highest BCUT2D eigenvalue weighted by molar-refractivity contribution is 5.96. The molecule has 0 aliphatic rings. The summed E-state index contributed by atoms with van der Waals surface area (Å²) < 4.78 is 0. The molecular formula is C13H17N5O2. The van der Waals surface area contributed by atoms with E-state index in [1.165, 1.54) is 0 Å². The van der Waals surface area contributed by atoms with Crippen LogP contribution in [0.5, 0.6) is 0 Å². The van der Waals surface area contributed by atoms with Crippen LogP contribution in [0.4, 0.5) is 0 Å². The number of pyridine rings is 1. The number of rotatable bonds is 5. The van der Waals surface area contributed by atoms with E-state index in [1.807, 2.05) is 13.8 Å². The van der Waals surface area contributed by atoms with Crippen LogP contribution in [0.1, 0.15) is 30.9 Å². The fourth-order valence-corrected chi connectivity index (χ4v) is 1.90. The molecule has 106 valence electrons. The summed E-state index contributed by atoms with van der Waals surface area (Å²) in [4.78, 5) is 34.4. The van der Waals surface area contributed by atoms with Crippen LogP contribution < -0.4 is 11.1 Å². The Kier molecular flexibility index (Phi) is 3.97. The maximum Gasteiger partial charge on any atom is 0.287 e. The number of hydrogen-bond donors (Lipinski definition) is 3. The lowest BCUT2D eigenvalue weighted by atomic mass is 10.0. The van der Waals surface area contributed by atoms with Gasteiger partial charge in [0.05, 0.1) is 5.52 Å². The minimum absolute atomic E-state index is 0.119. The number of fused-ring (bicyclic) bond motifs is 1. The number of nitrogens with zero attached hydrogens (tertiary/aromatic N) is 2. The van der Waals surface area contributed by atoms with E-state index in [-0.39, 0.29) is 11.7 Å². The summed E-state index contributed by atoms with van der Waals surface area (Å²) in [7, 11) is 0. The van der Waals surface area contributed by atoms with Crippen molar-refractivity contribution < 1.29 is 9.59 Å². The monoisotopic (exact) mass is 275 g/mol. The van der Waals surface area contributed by atoms with E-state index in [2.05, 4.69) is 20.3 Å². The first-order chi connectivity index (χ1) is 9.47. The van der Waals surface area contributed by atoms with E-state index in [4.69, 9.17) is 5.73 Å². The van der Waals surface area contributed by atoms with Gasteiger partial charge >= 0.3 is 0 Å². The Hall–Kier alpha value is -2.44. The van der Waals surface area contributed by atoms with Crippen molar-refractivity contribution >= 4 is 23.0 Å². The molecule has 7 heteroatoms. The van der Waals surface area contributed by atoms with Crippen molar-refractivity contribution in [2.75, 3.05) is 0 Å². The molecule has 0 radical (unpaired) electrons. The maximum atomic E-state index is 12.1. The molecule has 7 nitrogen and oxygen atoms in total. The third kappa shape index (κ3) is 3.11. The fourth-order valence-electron chi connectivity index (χ4n) is 1.90. The fraction of sp³-hybridized carbons (Fsp3) is 0.385. The first kappa shape index (κ1) is 14.0. The van der Waals surface area contributed by atoms with Crippen LogP contribution in [0.25, 0.3) is 11.2 Å². The molecule has 0 aliphatic carbocycles. The highest BCUT2D eigenvalue weighted by atomic mass is 16.2. The third-order valence-electron chi connectivity index (χ3n) is 2.83. The number of carbonyl (C=O) groups excluding carboxylic acids is 2. The first-order valence-electron chi connectivity index (χ1n) is 6.38. The van der Waals surface area contributed by atoms with Gasteiger partial charge in [-0.2, -0.15) is 0 Å². The van der Waals surface area contributed by atoms with E-state index < -0.39 is 17.9 Å². The van der Waals surface area contributed by atoms with Crippen molar-refractivity contribution in [3.63, 3.8) is 0 Å². The summed E-state index contributed by atoms with van der Waals surface area (Å²) in [6.07, 6.45) is 2.08. The SMILES string of the molecule is CC(C)C[C@H](NC(=O)c1nc2ncccc2[nH]1)C(N)=O. The van der Waals surface area contributed by atoms with Gasteiger partial charge < -0.3 is 16.0 Å². The minimum Gasteiger partial charge on any atom is -0.368 e. The molecule has 0 aliphatic heterocycles. The van der Waals surface area contributed by atoms with Crippen molar-refractivity contribution in [2.24, 2.45) is 11.7 Å². The number of nitrogens with one attached hydrogen (secondary N) is 2. The second-order valence-corrected chi connectivity index (χ2v) is 5.02. The molecular weight excluding hydrogens is 258 g/mol. The summed E-state index contributed by atoms with van der Waals surface area (Å²) in [6, 6.07) is 2.81. The summed E-state index contributed by atoms with van der Waals surface area (Å²) >= 11 is 0. The molecule has 0 spiro atoms. The van der Waals surface area contributed by atoms with Crippen molar-refractivity contribution in [3.05, 3.63) is 24.2 Å². The van der Waals surface area contributed by atoms with Gasteiger partial charge in [-0.25, -0.2) is 9.97 Å². The maximum absolute atomic E-state index is 12.1. The number of nitrogens with two attached hydrogens (primary N) is 1. The van der Waals surface area contributed by atoms with Crippen molar-refractivity contribution in [1.82, 2.24) is 20.3 Å². The van der Waals surface area contributed by atoms with Crippen molar-refractivity contribution in [3.8, 4) is 0 Å². The number of carbonyl (C=O) groups is 2. The third-order valence-corrected chi connectivity index (χ3v) is 2.83. The molecule has 2 rings (SSSR count). The minimum atomic E-state index is -0.705. The molecule has 0 bridgehead atoms. The molecule has 2 amide bonds. The number of hydrogen-bond acceptors (Lipinski definition) is 4. The second kappa shape index (κ2) is 5.68. The quantitative estimate of drug-likeness (QED) is 0.740. The number of aromatic nitrogens is 3. The Balaban J connectivity index is 2.15. The largest absolute Gasteiger partial charge is 0.368 e. The average Bonchev–Trinajstić information content (AvgIpc) is 2.81. The number of amides is 2. The zero-order valence-electron chi connectivity index (χ0n) is 11.4.